The number of benzene rings is 9. The van der Waals surface area contributed by atoms with Gasteiger partial charge in [0.05, 0.1) is 17.9 Å². The lowest BCUT2D eigenvalue weighted by atomic mass is 9.83. The van der Waals surface area contributed by atoms with Gasteiger partial charge in [0, 0.05) is 31.4 Å². The summed E-state index contributed by atoms with van der Waals surface area (Å²) in [7, 11) is 0. The second-order valence-electron chi connectivity index (χ2n) is 13.5. The van der Waals surface area contributed by atoms with Gasteiger partial charge in [-0.1, -0.05) is 145 Å². The van der Waals surface area contributed by atoms with Crippen molar-refractivity contribution >= 4 is 64.1 Å². The lowest BCUT2D eigenvalue weighted by Gasteiger charge is -2.20. The third-order valence-corrected chi connectivity index (χ3v) is 11.6. The van der Waals surface area contributed by atoms with Crippen LogP contribution in [0.4, 0.5) is 0 Å². The molecule has 11 rings (SSSR count). The molecule has 0 fully saturated rings. The molecule has 2 aromatic heterocycles. The van der Waals surface area contributed by atoms with E-state index in [1.807, 2.05) is 48.5 Å². The maximum absolute atomic E-state index is 8.93. The number of fused-ring (bicyclic) bond motifs is 6. The summed E-state index contributed by atoms with van der Waals surface area (Å²) >= 11 is 1.77. The Morgan fingerprint density at radius 1 is 0.463 bits per heavy atom. The normalized spacial score (nSPS) is 13.0. The smallest absolute Gasteiger partial charge is 0.145 e. The Kier molecular flexibility index (Phi) is 5.98. The van der Waals surface area contributed by atoms with Crippen molar-refractivity contribution in [3.8, 4) is 50.5 Å². The highest BCUT2D eigenvalue weighted by atomic mass is 32.1. The van der Waals surface area contributed by atoms with Crippen LogP contribution in [0.2, 0.25) is 0 Å². The summed E-state index contributed by atoms with van der Waals surface area (Å²) in [6.45, 7) is 0. The van der Waals surface area contributed by atoms with E-state index < -0.39 is 6.04 Å². The first kappa shape index (κ1) is 26.0. The van der Waals surface area contributed by atoms with Gasteiger partial charge in [-0.3, -0.25) is 4.57 Å². The van der Waals surface area contributed by atoms with Crippen molar-refractivity contribution in [2.75, 3.05) is 0 Å². The van der Waals surface area contributed by atoms with Gasteiger partial charge in [-0.2, -0.15) is 0 Å². The molecule has 0 saturated carbocycles. The van der Waals surface area contributed by atoms with Crippen LogP contribution in [-0.2, 0) is 0 Å². The Balaban J connectivity index is 1.24. The van der Waals surface area contributed by atoms with Gasteiger partial charge >= 0.3 is 0 Å². The monoisotopic (exact) mass is 709 g/mol. The molecular formula is C51H32N2S. The van der Waals surface area contributed by atoms with E-state index in [2.05, 4.69) is 120 Å². The van der Waals surface area contributed by atoms with Crippen molar-refractivity contribution in [1.29, 1.82) is 0 Å². The first-order chi connectivity index (χ1) is 28.9. The summed E-state index contributed by atoms with van der Waals surface area (Å²) in [4.78, 5) is 5.19. The van der Waals surface area contributed by atoms with E-state index in [0.717, 1.165) is 71.9 Å². The molecule has 54 heavy (non-hydrogen) atoms. The van der Waals surface area contributed by atoms with Gasteiger partial charge in [-0.15, -0.1) is 11.3 Å². The molecule has 11 aromatic rings. The molecule has 0 bridgehead atoms. The van der Waals surface area contributed by atoms with E-state index in [-0.39, 0.29) is 29.7 Å². The Labute approximate surface area is 323 Å². The average Bonchev–Trinajstić information content (AvgIpc) is 3.87. The van der Waals surface area contributed by atoms with Crippen molar-refractivity contribution < 1.29 is 6.85 Å². The Hall–Kier alpha value is -6.81. The van der Waals surface area contributed by atoms with Crippen molar-refractivity contribution in [2.45, 2.75) is 0 Å². The minimum absolute atomic E-state index is 0.180. The Morgan fingerprint density at radius 3 is 2.02 bits per heavy atom. The number of hydrogen-bond donors (Lipinski definition) is 0. The van der Waals surface area contributed by atoms with Gasteiger partial charge < -0.3 is 0 Å². The number of hydrogen-bond acceptors (Lipinski definition) is 2. The molecule has 0 aliphatic carbocycles. The molecule has 0 N–H and O–H groups in total. The topological polar surface area (TPSA) is 17.8 Å². The van der Waals surface area contributed by atoms with E-state index >= 15 is 0 Å². The summed E-state index contributed by atoms with van der Waals surface area (Å²) in [5, 5.41) is 6.39. The van der Waals surface area contributed by atoms with Gasteiger partial charge in [0.25, 0.3) is 0 Å². The van der Waals surface area contributed by atoms with Crippen LogP contribution >= 0.6 is 11.3 Å². The minimum Gasteiger partial charge on any atom is -0.292 e. The van der Waals surface area contributed by atoms with E-state index in [0.29, 0.717) is 5.56 Å². The molecule has 0 saturated heterocycles. The first-order valence-electron chi connectivity index (χ1n) is 20.5. The molecule has 252 valence electrons. The predicted molar refractivity (Wildman–Crippen MR) is 231 cm³/mol. The molecule has 0 spiro atoms. The zero-order valence-corrected chi connectivity index (χ0v) is 29.7. The minimum atomic E-state index is -0.407. The van der Waals surface area contributed by atoms with Crippen LogP contribution in [0, 0.1) is 0 Å². The zero-order valence-electron chi connectivity index (χ0n) is 33.9. The van der Waals surface area contributed by atoms with Crippen LogP contribution in [0.3, 0.4) is 0 Å². The quantitative estimate of drug-likeness (QED) is 0.163. The fourth-order valence-electron chi connectivity index (χ4n) is 8.18. The molecule has 0 unspecified atom stereocenters. The summed E-state index contributed by atoms with van der Waals surface area (Å²) in [6, 6.07) is 55.0. The highest BCUT2D eigenvalue weighted by Crippen LogP contribution is 2.49. The third-order valence-electron chi connectivity index (χ3n) is 10.5. The lowest BCUT2D eigenvalue weighted by Crippen LogP contribution is -1.97. The van der Waals surface area contributed by atoms with Crippen LogP contribution in [0.15, 0.2) is 194 Å². The fourth-order valence-corrected chi connectivity index (χ4v) is 9.32. The number of thiophene rings is 1. The maximum atomic E-state index is 8.93. The van der Waals surface area contributed by atoms with Crippen LogP contribution < -0.4 is 0 Å². The molecule has 0 amide bonds. The highest BCUT2D eigenvalue weighted by Gasteiger charge is 2.21. The SMILES string of the molecule is [2H]c1c([2H])c([2H])c(-c2ccc3c(-c4cccc(-c5nc6ccccc6n5-c5ccccc5)c4)c4ccccc4c(-c4cccc5sc6ccccc6c45)c3c2)c([2H])c1[2H]. The Morgan fingerprint density at radius 2 is 1.15 bits per heavy atom. The van der Waals surface area contributed by atoms with Gasteiger partial charge in [-0.25, -0.2) is 4.98 Å². The zero-order chi connectivity index (χ0) is 39.9. The predicted octanol–water partition coefficient (Wildman–Crippen LogP) is 14.4. The van der Waals surface area contributed by atoms with E-state index in [9.17, 15) is 0 Å². The number of nitrogens with zero attached hydrogens (tertiary/aromatic N) is 2. The van der Waals surface area contributed by atoms with E-state index in [4.69, 9.17) is 11.8 Å². The van der Waals surface area contributed by atoms with Crippen LogP contribution in [0.25, 0.3) is 103 Å². The van der Waals surface area contributed by atoms with Crippen molar-refractivity contribution in [2.24, 2.45) is 0 Å². The van der Waals surface area contributed by atoms with E-state index in [1.165, 1.54) is 20.2 Å². The Bertz CT molecular complexity index is 3490. The number of rotatable bonds is 5. The molecule has 0 atom stereocenters. The van der Waals surface area contributed by atoms with E-state index in [1.54, 1.807) is 11.3 Å². The van der Waals surface area contributed by atoms with Crippen LogP contribution in [0.5, 0.6) is 0 Å². The van der Waals surface area contributed by atoms with Crippen LogP contribution in [-0.4, -0.2) is 9.55 Å². The summed E-state index contributed by atoms with van der Waals surface area (Å²) in [5.41, 5.74) is 8.83. The molecule has 0 aliphatic rings. The van der Waals surface area contributed by atoms with Gasteiger partial charge in [-0.05, 0) is 103 Å². The second-order valence-corrected chi connectivity index (χ2v) is 14.6. The third kappa shape index (κ3) is 4.83. The summed E-state index contributed by atoms with van der Waals surface area (Å²) in [5.74, 6) is 0.837. The summed E-state index contributed by atoms with van der Waals surface area (Å²) in [6.07, 6.45) is 0. The molecule has 9 aromatic carbocycles. The van der Waals surface area contributed by atoms with Crippen LogP contribution in [0.1, 0.15) is 6.85 Å². The van der Waals surface area contributed by atoms with Gasteiger partial charge in [0.15, 0.2) is 0 Å². The fraction of sp³-hybridized carbons (Fsp3) is 0. The molecule has 2 heterocycles. The number of aromatic nitrogens is 2. The molecule has 0 radical (unpaired) electrons. The second kappa shape index (κ2) is 12.4. The van der Waals surface area contributed by atoms with Gasteiger partial charge in [0.1, 0.15) is 5.82 Å². The standard InChI is InChI=1S/C51H32N2S/c1-3-15-33(16-4-1)34-29-30-40-43(32-34)49(42-24-14-28-47-50(42)41-23-9-12-27-46(41)54-47)39-22-8-7-21-38(39)48(40)35-17-13-18-36(31-35)51-52-44-25-10-11-26-45(44)53(51)37-19-5-2-6-20-37/h1-32H/i1D,3D,4D,15D,16D. The number of para-hydroxylation sites is 3. The summed E-state index contributed by atoms with van der Waals surface area (Å²) < 4.78 is 47.8. The highest BCUT2D eigenvalue weighted by molar-refractivity contribution is 7.25. The first-order valence-corrected chi connectivity index (χ1v) is 18.8. The molecular weight excluding hydrogens is 673 g/mol. The van der Waals surface area contributed by atoms with Crippen molar-refractivity contribution in [3.63, 3.8) is 0 Å². The molecule has 0 aliphatic heterocycles. The molecule has 2 nitrogen and oxygen atoms in total. The molecule has 3 heteroatoms. The average molecular weight is 710 g/mol. The van der Waals surface area contributed by atoms with Gasteiger partial charge in [0.2, 0.25) is 0 Å². The van der Waals surface area contributed by atoms with Crippen molar-refractivity contribution in [1.82, 2.24) is 9.55 Å². The number of imidazole rings is 1. The van der Waals surface area contributed by atoms with Crippen molar-refractivity contribution in [3.05, 3.63) is 194 Å². The largest absolute Gasteiger partial charge is 0.292 e. The maximum Gasteiger partial charge on any atom is 0.145 e. The lowest BCUT2D eigenvalue weighted by molar-refractivity contribution is 1.10.